The van der Waals surface area contributed by atoms with Crippen molar-refractivity contribution < 1.29 is 22.7 Å². The van der Waals surface area contributed by atoms with Crippen LogP contribution in [0.1, 0.15) is 17.4 Å². The van der Waals surface area contributed by atoms with Gasteiger partial charge in [-0.05, 0) is 25.3 Å². The van der Waals surface area contributed by atoms with E-state index in [1.807, 2.05) is 6.26 Å². The number of hydrogen-bond donors (Lipinski definition) is 1. The SMILES string of the molecule is CSCC(C)NC(=O)c1ncccc1OCC(F)(F)F. The molecule has 1 rings (SSSR count). The van der Waals surface area contributed by atoms with Crippen LogP contribution in [0.4, 0.5) is 13.2 Å². The molecule has 0 fully saturated rings. The van der Waals surface area contributed by atoms with Crippen LogP contribution in [-0.4, -0.2) is 41.7 Å². The summed E-state index contributed by atoms with van der Waals surface area (Å²) >= 11 is 1.55. The van der Waals surface area contributed by atoms with Crippen LogP contribution in [-0.2, 0) is 0 Å². The highest BCUT2D eigenvalue weighted by molar-refractivity contribution is 7.98. The van der Waals surface area contributed by atoms with E-state index in [1.54, 1.807) is 18.7 Å². The van der Waals surface area contributed by atoms with Gasteiger partial charge in [0.25, 0.3) is 5.91 Å². The van der Waals surface area contributed by atoms with Crippen molar-refractivity contribution in [1.82, 2.24) is 10.3 Å². The first-order valence-electron chi connectivity index (χ1n) is 5.78. The molecule has 1 unspecified atom stereocenters. The first-order valence-corrected chi connectivity index (χ1v) is 7.17. The topological polar surface area (TPSA) is 51.2 Å². The molecule has 0 bridgehead atoms. The number of nitrogens with zero attached hydrogens (tertiary/aromatic N) is 1. The Balaban J connectivity index is 2.76. The van der Waals surface area contributed by atoms with Gasteiger partial charge in [0, 0.05) is 18.0 Å². The predicted octanol–water partition coefficient (Wildman–Crippen LogP) is 2.50. The molecule has 0 saturated heterocycles. The van der Waals surface area contributed by atoms with E-state index in [0.29, 0.717) is 5.75 Å². The van der Waals surface area contributed by atoms with Gasteiger partial charge in [0.15, 0.2) is 18.1 Å². The zero-order chi connectivity index (χ0) is 15.2. The molecule has 1 aromatic rings. The van der Waals surface area contributed by atoms with Crippen molar-refractivity contribution in [3.05, 3.63) is 24.0 Å². The van der Waals surface area contributed by atoms with Crippen LogP contribution in [0.2, 0.25) is 0 Å². The van der Waals surface area contributed by atoms with E-state index < -0.39 is 18.7 Å². The monoisotopic (exact) mass is 308 g/mol. The van der Waals surface area contributed by atoms with Gasteiger partial charge in [0.05, 0.1) is 0 Å². The number of rotatable bonds is 6. The molecule has 1 heterocycles. The number of thioether (sulfide) groups is 1. The minimum absolute atomic E-state index is 0.116. The molecule has 0 aliphatic carbocycles. The summed E-state index contributed by atoms with van der Waals surface area (Å²) in [5.74, 6) is -0.0416. The fraction of sp³-hybridized carbons (Fsp3) is 0.500. The van der Waals surface area contributed by atoms with Crippen molar-refractivity contribution in [2.45, 2.75) is 19.1 Å². The van der Waals surface area contributed by atoms with Crippen molar-refractivity contribution in [3.63, 3.8) is 0 Å². The Hall–Kier alpha value is -1.44. The van der Waals surface area contributed by atoms with Gasteiger partial charge in [-0.1, -0.05) is 0 Å². The van der Waals surface area contributed by atoms with E-state index in [0.717, 1.165) is 0 Å². The Kier molecular flexibility index (Phi) is 6.12. The second-order valence-corrected chi connectivity index (χ2v) is 4.99. The van der Waals surface area contributed by atoms with Gasteiger partial charge in [-0.25, -0.2) is 4.98 Å². The molecular formula is C12H15F3N2O2S. The Morgan fingerprint density at radius 1 is 1.55 bits per heavy atom. The molecule has 112 valence electrons. The number of ether oxygens (including phenoxy) is 1. The number of halogens is 3. The van der Waals surface area contributed by atoms with Crippen LogP contribution >= 0.6 is 11.8 Å². The van der Waals surface area contributed by atoms with E-state index in [4.69, 9.17) is 0 Å². The molecular weight excluding hydrogens is 293 g/mol. The quantitative estimate of drug-likeness (QED) is 0.877. The molecule has 4 nitrogen and oxygen atoms in total. The molecule has 1 amide bonds. The molecule has 0 spiro atoms. The van der Waals surface area contributed by atoms with Crippen molar-refractivity contribution in [3.8, 4) is 5.75 Å². The van der Waals surface area contributed by atoms with Crippen LogP contribution in [0.3, 0.4) is 0 Å². The Morgan fingerprint density at radius 3 is 2.85 bits per heavy atom. The molecule has 20 heavy (non-hydrogen) atoms. The lowest BCUT2D eigenvalue weighted by molar-refractivity contribution is -0.153. The van der Waals surface area contributed by atoms with Gasteiger partial charge in [0.2, 0.25) is 0 Å². The maximum atomic E-state index is 12.1. The largest absolute Gasteiger partial charge is 0.482 e. The van der Waals surface area contributed by atoms with Crippen molar-refractivity contribution in [2.24, 2.45) is 0 Å². The number of pyridine rings is 1. The summed E-state index contributed by atoms with van der Waals surface area (Å²) in [5.41, 5.74) is -0.148. The zero-order valence-electron chi connectivity index (χ0n) is 11.0. The Morgan fingerprint density at radius 2 is 2.25 bits per heavy atom. The van der Waals surface area contributed by atoms with Crippen molar-refractivity contribution >= 4 is 17.7 Å². The zero-order valence-corrected chi connectivity index (χ0v) is 11.8. The number of alkyl halides is 3. The highest BCUT2D eigenvalue weighted by atomic mass is 32.2. The maximum Gasteiger partial charge on any atom is 0.422 e. The number of aromatic nitrogens is 1. The standard InChI is InChI=1S/C12H15F3N2O2S/c1-8(6-20-2)17-11(18)10-9(4-3-5-16-10)19-7-12(13,14)15/h3-5,8H,6-7H2,1-2H3,(H,17,18). The van der Waals surface area contributed by atoms with Gasteiger partial charge >= 0.3 is 6.18 Å². The lowest BCUT2D eigenvalue weighted by atomic mass is 10.3. The second-order valence-electron chi connectivity index (χ2n) is 4.08. The van der Waals surface area contributed by atoms with Gasteiger partial charge in [-0.2, -0.15) is 24.9 Å². The molecule has 0 aliphatic heterocycles. The molecule has 1 N–H and O–H groups in total. The minimum Gasteiger partial charge on any atom is -0.482 e. The first-order chi connectivity index (χ1) is 9.33. The van der Waals surface area contributed by atoms with Crippen LogP contribution in [0, 0.1) is 0 Å². The highest BCUT2D eigenvalue weighted by Crippen LogP contribution is 2.20. The lowest BCUT2D eigenvalue weighted by Gasteiger charge is -2.15. The summed E-state index contributed by atoms with van der Waals surface area (Å²) in [6.45, 7) is 0.340. The number of amides is 1. The Labute approximate surface area is 119 Å². The highest BCUT2D eigenvalue weighted by Gasteiger charge is 2.29. The Bertz CT molecular complexity index is 455. The molecule has 8 heteroatoms. The third kappa shape index (κ3) is 5.68. The van der Waals surface area contributed by atoms with E-state index in [1.165, 1.54) is 18.3 Å². The molecule has 0 saturated carbocycles. The summed E-state index contributed by atoms with van der Waals surface area (Å²) in [5, 5.41) is 2.65. The molecule has 0 aliphatic rings. The van der Waals surface area contributed by atoms with Crippen molar-refractivity contribution in [1.29, 1.82) is 0 Å². The fourth-order valence-corrected chi connectivity index (χ4v) is 2.00. The van der Waals surface area contributed by atoms with Crippen LogP contribution in [0.15, 0.2) is 18.3 Å². The van der Waals surface area contributed by atoms with Gasteiger partial charge < -0.3 is 10.1 Å². The number of carbonyl (C=O) groups excluding carboxylic acids is 1. The normalized spacial score (nSPS) is 12.8. The van der Waals surface area contributed by atoms with Gasteiger partial charge in [-0.15, -0.1) is 0 Å². The maximum absolute atomic E-state index is 12.1. The summed E-state index contributed by atoms with van der Waals surface area (Å²) in [6, 6.07) is 2.58. The van der Waals surface area contributed by atoms with E-state index in [9.17, 15) is 18.0 Å². The molecule has 0 radical (unpaired) electrons. The number of hydrogen-bond acceptors (Lipinski definition) is 4. The van der Waals surface area contributed by atoms with Gasteiger partial charge in [0.1, 0.15) is 0 Å². The average Bonchev–Trinajstić information content (AvgIpc) is 2.36. The number of nitrogens with one attached hydrogen (secondary N) is 1. The third-order valence-electron chi connectivity index (χ3n) is 2.17. The lowest BCUT2D eigenvalue weighted by Crippen LogP contribution is -2.35. The number of carbonyl (C=O) groups is 1. The predicted molar refractivity (Wildman–Crippen MR) is 71.1 cm³/mol. The van der Waals surface area contributed by atoms with Crippen LogP contribution < -0.4 is 10.1 Å². The van der Waals surface area contributed by atoms with Crippen LogP contribution in [0.5, 0.6) is 5.75 Å². The fourth-order valence-electron chi connectivity index (χ4n) is 1.42. The smallest absolute Gasteiger partial charge is 0.422 e. The van der Waals surface area contributed by atoms with Crippen molar-refractivity contribution in [2.75, 3.05) is 18.6 Å². The molecule has 0 aromatic carbocycles. The van der Waals surface area contributed by atoms with Gasteiger partial charge in [-0.3, -0.25) is 4.79 Å². The minimum atomic E-state index is -4.46. The average molecular weight is 308 g/mol. The van der Waals surface area contributed by atoms with E-state index in [-0.39, 0.29) is 17.5 Å². The summed E-state index contributed by atoms with van der Waals surface area (Å²) in [7, 11) is 0. The molecule has 1 aromatic heterocycles. The third-order valence-corrected chi connectivity index (χ3v) is 3.00. The summed E-state index contributed by atoms with van der Waals surface area (Å²) in [4.78, 5) is 15.7. The summed E-state index contributed by atoms with van der Waals surface area (Å²) < 4.78 is 41.0. The first kappa shape index (κ1) is 16.6. The summed E-state index contributed by atoms with van der Waals surface area (Å²) in [6.07, 6.45) is -1.24. The van der Waals surface area contributed by atoms with Crippen LogP contribution in [0.25, 0.3) is 0 Å². The van der Waals surface area contributed by atoms with E-state index >= 15 is 0 Å². The van der Waals surface area contributed by atoms with E-state index in [2.05, 4.69) is 15.0 Å². The molecule has 1 atom stereocenters. The second kappa shape index (κ2) is 7.37.